The molecule has 24 heavy (non-hydrogen) atoms. The molecule has 6 heteroatoms. The van der Waals surface area contributed by atoms with Gasteiger partial charge in [-0.25, -0.2) is 0 Å². The van der Waals surface area contributed by atoms with E-state index in [1.807, 2.05) is 34.6 Å². The molecule has 0 bridgehead atoms. The van der Waals surface area contributed by atoms with Crippen LogP contribution in [0.15, 0.2) is 0 Å². The molecule has 0 N–H and O–H groups in total. The van der Waals surface area contributed by atoms with E-state index < -0.39 is 12.2 Å². The summed E-state index contributed by atoms with van der Waals surface area (Å²) in [6.07, 6.45) is 2.55. The van der Waals surface area contributed by atoms with Crippen LogP contribution in [0.3, 0.4) is 0 Å². The standard InChI is InChI=1S/C18H32O5S/c1-6-9-15(19)21-12-14(22-16(20)10-7-2)18(13(4)5)23-17(24)11-8-3/h13-14,18H,6-12H2,1-5H3. The minimum atomic E-state index is -0.653. The van der Waals surface area contributed by atoms with Crippen molar-refractivity contribution in [2.75, 3.05) is 6.61 Å². The summed E-state index contributed by atoms with van der Waals surface area (Å²) in [7, 11) is 0. The van der Waals surface area contributed by atoms with Gasteiger partial charge in [0.25, 0.3) is 0 Å². The molecule has 5 nitrogen and oxygen atoms in total. The van der Waals surface area contributed by atoms with Crippen molar-refractivity contribution in [3.63, 3.8) is 0 Å². The zero-order chi connectivity index (χ0) is 18.5. The predicted molar refractivity (Wildman–Crippen MR) is 97.9 cm³/mol. The minimum Gasteiger partial charge on any atom is -0.480 e. The molecule has 2 atom stereocenters. The first-order valence-corrected chi connectivity index (χ1v) is 9.30. The second-order valence-electron chi connectivity index (χ2n) is 6.16. The van der Waals surface area contributed by atoms with Crippen molar-refractivity contribution in [3.8, 4) is 0 Å². The Morgan fingerprint density at radius 1 is 0.875 bits per heavy atom. The molecule has 0 aliphatic heterocycles. The summed E-state index contributed by atoms with van der Waals surface area (Å²) in [5, 5.41) is 0.493. The Hall–Kier alpha value is -1.17. The Bertz CT molecular complexity index is 395. The summed E-state index contributed by atoms with van der Waals surface area (Å²) in [6, 6.07) is 0. The summed E-state index contributed by atoms with van der Waals surface area (Å²) in [5.41, 5.74) is 0. The van der Waals surface area contributed by atoms with Crippen molar-refractivity contribution in [1.82, 2.24) is 0 Å². The minimum absolute atomic E-state index is 0.00806. The fourth-order valence-corrected chi connectivity index (χ4v) is 2.45. The molecule has 0 aliphatic carbocycles. The summed E-state index contributed by atoms with van der Waals surface area (Å²) in [4.78, 5) is 23.6. The molecule has 0 saturated heterocycles. The summed E-state index contributed by atoms with van der Waals surface area (Å²) < 4.78 is 16.6. The number of hydrogen-bond donors (Lipinski definition) is 0. The van der Waals surface area contributed by atoms with Crippen molar-refractivity contribution in [2.24, 2.45) is 5.92 Å². The zero-order valence-electron chi connectivity index (χ0n) is 15.6. The average Bonchev–Trinajstić information content (AvgIpc) is 2.50. The van der Waals surface area contributed by atoms with Crippen molar-refractivity contribution >= 4 is 29.2 Å². The Labute approximate surface area is 151 Å². The lowest BCUT2D eigenvalue weighted by atomic mass is 10.0. The van der Waals surface area contributed by atoms with Gasteiger partial charge in [-0.1, -0.05) is 34.6 Å². The van der Waals surface area contributed by atoms with E-state index in [9.17, 15) is 9.59 Å². The second kappa shape index (κ2) is 13.2. The third kappa shape index (κ3) is 9.85. The molecular formula is C18H32O5S. The van der Waals surface area contributed by atoms with Gasteiger partial charge in [-0.2, -0.15) is 0 Å². The molecule has 0 radical (unpaired) electrons. The summed E-state index contributed by atoms with van der Waals surface area (Å²) >= 11 is 5.24. The van der Waals surface area contributed by atoms with Gasteiger partial charge in [0.1, 0.15) is 12.7 Å². The third-order valence-corrected chi connectivity index (χ3v) is 3.65. The largest absolute Gasteiger partial charge is 0.480 e. The fraction of sp³-hybridized carbons (Fsp3) is 0.833. The van der Waals surface area contributed by atoms with Gasteiger partial charge in [-0.05, 0) is 37.4 Å². The van der Waals surface area contributed by atoms with E-state index in [0.717, 1.165) is 6.42 Å². The monoisotopic (exact) mass is 360 g/mol. The van der Waals surface area contributed by atoms with Crippen molar-refractivity contribution < 1.29 is 23.8 Å². The normalized spacial score (nSPS) is 13.2. The van der Waals surface area contributed by atoms with Crippen LogP contribution in [0.5, 0.6) is 0 Å². The average molecular weight is 361 g/mol. The lowest BCUT2D eigenvalue weighted by molar-refractivity contribution is -0.167. The highest BCUT2D eigenvalue weighted by atomic mass is 32.1. The highest BCUT2D eigenvalue weighted by Gasteiger charge is 2.31. The molecule has 0 aromatic carbocycles. The van der Waals surface area contributed by atoms with Gasteiger partial charge in [-0.15, -0.1) is 0 Å². The smallest absolute Gasteiger partial charge is 0.306 e. The van der Waals surface area contributed by atoms with E-state index in [2.05, 4.69) is 0 Å². The molecule has 0 aromatic heterocycles. The highest BCUT2D eigenvalue weighted by Crippen LogP contribution is 2.18. The van der Waals surface area contributed by atoms with E-state index in [1.54, 1.807) is 0 Å². The Morgan fingerprint density at radius 2 is 1.42 bits per heavy atom. The van der Waals surface area contributed by atoms with Crippen molar-refractivity contribution in [2.45, 2.75) is 85.4 Å². The molecule has 0 fully saturated rings. The number of hydrogen-bond acceptors (Lipinski definition) is 6. The zero-order valence-corrected chi connectivity index (χ0v) is 16.4. The topological polar surface area (TPSA) is 61.8 Å². The lowest BCUT2D eigenvalue weighted by Gasteiger charge is -2.30. The summed E-state index contributed by atoms with van der Waals surface area (Å²) in [5.74, 6) is -0.554. The van der Waals surface area contributed by atoms with E-state index >= 15 is 0 Å². The molecule has 0 aliphatic rings. The van der Waals surface area contributed by atoms with Crippen molar-refractivity contribution in [1.29, 1.82) is 0 Å². The fourth-order valence-electron chi connectivity index (χ4n) is 2.14. The van der Waals surface area contributed by atoms with Gasteiger partial charge in [-0.3, -0.25) is 9.59 Å². The van der Waals surface area contributed by atoms with Crippen LogP contribution in [-0.2, 0) is 23.8 Å². The SMILES string of the molecule is CCCC(=O)OCC(OC(=O)CCC)C(OC(=S)CCC)C(C)C. The van der Waals surface area contributed by atoms with Crippen LogP contribution in [0.1, 0.15) is 73.1 Å². The van der Waals surface area contributed by atoms with Crippen LogP contribution >= 0.6 is 12.2 Å². The first-order valence-electron chi connectivity index (χ1n) is 8.90. The van der Waals surface area contributed by atoms with Crippen LogP contribution in [0.25, 0.3) is 0 Å². The van der Waals surface area contributed by atoms with Crippen LogP contribution in [0, 0.1) is 5.92 Å². The highest BCUT2D eigenvalue weighted by molar-refractivity contribution is 7.80. The lowest BCUT2D eigenvalue weighted by Crippen LogP contribution is -2.42. The first kappa shape index (κ1) is 22.8. The van der Waals surface area contributed by atoms with E-state index in [0.29, 0.717) is 37.2 Å². The molecule has 0 spiro atoms. The Kier molecular flexibility index (Phi) is 12.5. The predicted octanol–water partition coefficient (Wildman–Crippen LogP) is 4.21. The van der Waals surface area contributed by atoms with Gasteiger partial charge in [0, 0.05) is 19.3 Å². The molecule has 2 unspecified atom stereocenters. The van der Waals surface area contributed by atoms with Crippen molar-refractivity contribution in [3.05, 3.63) is 0 Å². The number of esters is 2. The second-order valence-corrected chi connectivity index (χ2v) is 6.62. The molecule has 0 saturated carbocycles. The van der Waals surface area contributed by atoms with E-state index in [1.165, 1.54) is 0 Å². The Morgan fingerprint density at radius 3 is 1.92 bits per heavy atom. The van der Waals surface area contributed by atoms with Gasteiger partial charge in [0.2, 0.25) is 0 Å². The van der Waals surface area contributed by atoms with E-state index in [-0.39, 0.29) is 24.5 Å². The van der Waals surface area contributed by atoms with Crippen LogP contribution < -0.4 is 0 Å². The molecule has 0 amide bonds. The number of carbonyl (C=O) groups is 2. The quantitative estimate of drug-likeness (QED) is 0.384. The maximum absolute atomic E-state index is 11.9. The van der Waals surface area contributed by atoms with Gasteiger partial charge >= 0.3 is 11.9 Å². The number of ether oxygens (including phenoxy) is 3. The molecule has 0 rings (SSSR count). The van der Waals surface area contributed by atoms with Crippen LogP contribution in [0.4, 0.5) is 0 Å². The van der Waals surface area contributed by atoms with Gasteiger partial charge in [0.15, 0.2) is 11.2 Å². The first-order chi connectivity index (χ1) is 11.3. The molecule has 0 heterocycles. The molecule has 140 valence electrons. The Balaban J connectivity index is 5.01. The maximum atomic E-state index is 11.9. The maximum Gasteiger partial charge on any atom is 0.306 e. The molecular weight excluding hydrogens is 328 g/mol. The molecule has 0 aromatic rings. The number of thiocarbonyl (C=S) groups is 1. The third-order valence-electron chi connectivity index (χ3n) is 3.34. The number of carbonyl (C=O) groups excluding carboxylic acids is 2. The van der Waals surface area contributed by atoms with Gasteiger partial charge < -0.3 is 14.2 Å². The van der Waals surface area contributed by atoms with Gasteiger partial charge in [0.05, 0.1) is 0 Å². The van der Waals surface area contributed by atoms with Crippen LogP contribution in [0.2, 0.25) is 0 Å². The number of rotatable bonds is 12. The van der Waals surface area contributed by atoms with Crippen LogP contribution in [-0.4, -0.2) is 35.8 Å². The van der Waals surface area contributed by atoms with E-state index in [4.69, 9.17) is 26.4 Å². The summed E-state index contributed by atoms with van der Waals surface area (Å²) in [6.45, 7) is 9.76.